The van der Waals surface area contributed by atoms with E-state index in [4.69, 9.17) is 4.74 Å². The lowest BCUT2D eigenvalue weighted by Crippen LogP contribution is -2.28. The van der Waals surface area contributed by atoms with Gasteiger partial charge in [-0.2, -0.15) is 0 Å². The third-order valence-electron chi connectivity index (χ3n) is 3.17. The number of carbonyl (C=O) groups excluding carboxylic acids is 1. The maximum Gasteiger partial charge on any atom is 0.331 e. The molecule has 1 atom stereocenters. The molecule has 112 valence electrons. The van der Waals surface area contributed by atoms with E-state index in [0.717, 1.165) is 18.4 Å². The predicted octanol–water partition coefficient (Wildman–Crippen LogP) is 4.93. The van der Waals surface area contributed by atoms with Crippen LogP contribution in [-0.4, -0.2) is 11.6 Å². The zero-order valence-electron chi connectivity index (χ0n) is 13.1. The first-order valence-corrected chi connectivity index (χ1v) is 7.18. The zero-order valence-corrected chi connectivity index (χ0v) is 13.1. The molecule has 0 heterocycles. The molecule has 1 unspecified atom stereocenters. The summed E-state index contributed by atoms with van der Waals surface area (Å²) in [5, 5.41) is 0. The van der Waals surface area contributed by atoms with Crippen LogP contribution in [0.1, 0.15) is 39.2 Å². The Morgan fingerprint density at radius 3 is 2.52 bits per heavy atom. The number of allylic oxidation sites excluding steroid dienone is 2. The van der Waals surface area contributed by atoms with Crippen molar-refractivity contribution in [3.8, 4) is 0 Å². The van der Waals surface area contributed by atoms with Crippen LogP contribution in [0, 0.1) is 0 Å². The van der Waals surface area contributed by atoms with Crippen LogP contribution in [0.15, 0.2) is 60.7 Å². The first-order chi connectivity index (χ1) is 9.95. The predicted molar refractivity (Wildman–Crippen MR) is 88.8 cm³/mol. The molecular formula is C19H24O2. The molecule has 0 aliphatic rings. The van der Waals surface area contributed by atoms with Gasteiger partial charge >= 0.3 is 5.97 Å². The summed E-state index contributed by atoms with van der Waals surface area (Å²) in [6.07, 6.45) is 8.63. The van der Waals surface area contributed by atoms with Crippen LogP contribution in [-0.2, 0) is 9.53 Å². The molecule has 21 heavy (non-hydrogen) atoms. The molecule has 0 spiro atoms. The number of benzene rings is 1. The molecule has 1 aromatic carbocycles. The van der Waals surface area contributed by atoms with Gasteiger partial charge in [-0.05, 0) is 51.3 Å². The number of hydrogen-bond donors (Lipinski definition) is 0. The molecule has 1 aromatic rings. The minimum Gasteiger partial charge on any atom is -0.452 e. The van der Waals surface area contributed by atoms with Gasteiger partial charge in [0.2, 0.25) is 0 Å². The average Bonchev–Trinajstić information content (AvgIpc) is 2.46. The van der Waals surface area contributed by atoms with Crippen molar-refractivity contribution in [2.75, 3.05) is 0 Å². The number of esters is 1. The van der Waals surface area contributed by atoms with Gasteiger partial charge in [0, 0.05) is 6.08 Å². The monoisotopic (exact) mass is 284 g/mol. The fraction of sp³-hybridized carbons (Fsp3) is 0.316. The molecule has 0 aliphatic heterocycles. The van der Waals surface area contributed by atoms with Crippen molar-refractivity contribution in [3.05, 3.63) is 66.3 Å². The highest BCUT2D eigenvalue weighted by Gasteiger charge is 2.23. The summed E-state index contributed by atoms with van der Waals surface area (Å²) >= 11 is 0. The van der Waals surface area contributed by atoms with E-state index in [0.29, 0.717) is 0 Å². The summed E-state index contributed by atoms with van der Waals surface area (Å²) in [6.45, 7) is 9.77. The van der Waals surface area contributed by atoms with Gasteiger partial charge in [0.15, 0.2) is 0 Å². The number of ether oxygens (including phenoxy) is 1. The van der Waals surface area contributed by atoms with E-state index in [2.05, 4.69) is 26.5 Å². The fourth-order valence-electron chi connectivity index (χ4n) is 1.83. The normalized spacial score (nSPS) is 13.5. The second-order valence-corrected chi connectivity index (χ2v) is 5.50. The zero-order chi connectivity index (χ0) is 15.7. The van der Waals surface area contributed by atoms with Crippen molar-refractivity contribution in [1.82, 2.24) is 0 Å². The molecule has 0 radical (unpaired) electrons. The van der Waals surface area contributed by atoms with Crippen molar-refractivity contribution in [3.63, 3.8) is 0 Å². The van der Waals surface area contributed by atoms with E-state index in [1.54, 1.807) is 12.2 Å². The van der Waals surface area contributed by atoms with Gasteiger partial charge in [0.25, 0.3) is 0 Å². The smallest absolute Gasteiger partial charge is 0.331 e. The molecule has 0 bridgehead atoms. The van der Waals surface area contributed by atoms with Crippen LogP contribution >= 0.6 is 0 Å². The van der Waals surface area contributed by atoms with Gasteiger partial charge in [-0.1, -0.05) is 48.6 Å². The highest BCUT2D eigenvalue weighted by Crippen LogP contribution is 2.20. The van der Waals surface area contributed by atoms with Crippen molar-refractivity contribution >= 4 is 12.0 Å². The lowest BCUT2D eigenvalue weighted by atomic mass is 9.99. The highest BCUT2D eigenvalue weighted by atomic mass is 16.6. The molecule has 0 saturated carbocycles. The van der Waals surface area contributed by atoms with Gasteiger partial charge in [-0.25, -0.2) is 4.79 Å². The minimum atomic E-state index is -0.635. The Hall–Kier alpha value is -2.09. The van der Waals surface area contributed by atoms with Crippen molar-refractivity contribution < 1.29 is 9.53 Å². The number of hydrogen-bond acceptors (Lipinski definition) is 2. The van der Waals surface area contributed by atoms with E-state index in [1.165, 1.54) is 11.6 Å². The molecular weight excluding hydrogens is 260 g/mol. The van der Waals surface area contributed by atoms with Gasteiger partial charge in [0.05, 0.1) is 0 Å². The topological polar surface area (TPSA) is 26.3 Å². The van der Waals surface area contributed by atoms with Crippen molar-refractivity contribution in [2.45, 2.75) is 39.2 Å². The Kier molecular flexibility index (Phi) is 6.67. The molecule has 0 aromatic heterocycles. The van der Waals surface area contributed by atoms with E-state index in [-0.39, 0.29) is 5.97 Å². The van der Waals surface area contributed by atoms with Crippen LogP contribution < -0.4 is 0 Å². The minimum absolute atomic E-state index is 0.349. The van der Waals surface area contributed by atoms with E-state index in [9.17, 15) is 4.79 Å². The molecule has 1 rings (SSSR count). The summed E-state index contributed by atoms with van der Waals surface area (Å²) in [7, 11) is 0. The first kappa shape index (κ1) is 17.0. The van der Waals surface area contributed by atoms with Crippen molar-refractivity contribution in [2.24, 2.45) is 0 Å². The second-order valence-electron chi connectivity index (χ2n) is 5.50. The Morgan fingerprint density at radius 1 is 1.29 bits per heavy atom. The van der Waals surface area contributed by atoms with Crippen LogP contribution in [0.4, 0.5) is 0 Å². The molecule has 0 N–H and O–H groups in total. The summed E-state index contributed by atoms with van der Waals surface area (Å²) in [4.78, 5) is 11.9. The lowest BCUT2D eigenvalue weighted by Gasteiger charge is -2.25. The maximum atomic E-state index is 11.9. The first-order valence-electron chi connectivity index (χ1n) is 7.18. The Bertz CT molecular complexity index is 522. The van der Waals surface area contributed by atoms with Gasteiger partial charge < -0.3 is 4.74 Å². The van der Waals surface area contributed by atoms with Crippen LogP contribution in [0.3, 0.4) is 0 Å². The second kappa shape index (κ2) is 8.25. The lowest BCUT2D eigenvalue weighted by molar-refractivity contribution is -0.147. The molecule has 0 amide bonds. The average molecular weight is 284 g/mol. The van der Waals surface area contributed by atoms with Gasteiger partial charge in [0.1, 0.15) is 5.60 Å². The number of carbonyl (C=O) groups is 1. The van der Waals surface area contributed by atoms with Crippen LogP contribution in [0.2, 0.25) is 0 Å². The highest BCUT2D eigenvalue weighted by molar-refractivity contribution is 5.87. The largest absolute Gasteiger partial charge is 0.452 e. The SMILES string of the molecule is C=CC(C)(CCC=C(C)C)OC(=O)/C=C/c1ccccc1. The summed E-state index contributed by atoms with van der Waals surface area (Å²) in [5.74, 6) is -0.349. The Balaban J connectivity index is 2.59. The molecule has 2 heteroatoms. The third kappa shape index (κ3) is 6.75. The van der Waals surface area contributed by atoms with E-state index < -0.39 is 5.60 Å². The van der Waals surface area contributed by atoms with Gasteiger partial charge in [-0.3, -0.25) is 0 Å². The maximum absolute atomic E-state index is 11.9. The summed E-state index contributed by atoms with van der Waals surface area (Å²) in [6, 6.07) is 9.67. The van der Waals surface area contributed by atoms with Crippen LogP contribution in [0.25, 0.3) is 6.08 Å². The molecule has 0 fully saturated rings. The van der Waals surface area contributed by atoms with Crippen LogP contribution in [0.5, 0.6) is 0 Å². The van der Waals surface area contributed by atoms with Crippen molar-refractivity contribution in [1.29, 1.82) is 0 Å². The van der Waals surface area contributed by atoms with E-state index in [1.807, 2.05) is 37.3 Å². The quantitative estimate of drug-likeness (QED) is 0.403. The third-order valence-corrected chi connectivity index (χ3v) is 3.17. The Morgan fingerprint density at radius 2 is 1.95 bits per heavy atom. The standard InChI is InChI=1S/C19H24O2/c1-5-19(4,15-9-10-16(2)3)21-18(20)14-13-17-11-7-6-8-12-17/h5-8,10-14H,1,9,15H2,2-4H3/b14-13+. The van der Waals surface area contributed by atoms with E-state index >= 15 is 0 Å². The fourth-order valence-corrected chi connectivity index (χ4v) is 1.83. The molecule has 2 nitrogen and oxygen atoms in total. The molecule has 0 saturated heterocycles. The Labute approximate surface area is 127 Å². The summed E-state index contributed by atoms with van der Waals surface area (Å²) < 4.78 is 5.52. The number of rotatable bonds is 7. The molecule has 0 aliphatic carbocycles. The summed E-state index contributed by atoms with van der Waals surface area (Å²) in [5.41, 5.74) is 1.60. The van der Waals surface area contributed by atoms with Gasteiger partial charge in [-0.15, -0.1) is 0 Å².